The molecule has 2 atom stereocenters. The highest BCUT2D eigenvalue weighted by Crippen LogP contribution is 2.16. The highest BCUT2D eigenvalue weighted by atomic mass is 19.1. The molecule has 0 bridgehead atoms. The quantitative estimate of drug-likeness (QED) is 0.853. The van der Waals surface area contributed by atoms with Gasteiger partial charge in [0, 0.05) is 18.2 Å². The van der Waals surface area contributed by atoms with E-state index in [1.807, 2.05) is 12.1 Å². The van der Waals surface area contributed by atoms with Crippen molar-refractivity contribution in [2.45, 2.75) is 32.4 Å². The number of aryl methyl sites for hydroxylation is 1. The Labute approximate surface area is 125 Å². The van der Waals surface area contributed by atoms with Gasteiger partial charge in [0.1, 0.15) is 5.82 Å². The van der Waals surface area contributed by atoms with Crippen molar-refractivity contribution >= 4 is 0 Å². The van der Waals surface area contributed by atoms with Crippen LogP contribution in [0.2, 0.25) is 0 Å². The molecule has 3 heteroatoms. The molecule has 0 heterocycles. The average Bonchev–Trinajstić information content (AvgIpc) is 2.48. The van der Waals surface area contributed by atoms with Crippen molar-refractivity contribution in [3.05, 3.63) is 71.0 Å². The molecule has 2 aromatic rings. The smallest absolute Gasteiger partial charge is 0.129 e. The summed E-state index contributed by atoms with van der Waals surface area (Å²) in [6.45, 7) is 4.50. The minimum absolute atomic E-state index is 0.215. The first-order chi connectivity index (χ1) is 10.1. The van der Waals surface area contributed by atoms with E-state index in [1.165, 1.54) is 17.2 Å². The fraction of sp³-hybridized carbons (Fsp3) is 0.333. The summed E-state index contributed by atoms with van der Waals surface area (Å²) >= 11 is 0. The Morgan fingerprint density at radius 1 is 1.10 bits per heavy atom. The van der Waals surface area contributed by atoms with E-state index in [0.29, 0.717) is 12.1 Å². The van der Waals surface area contributed by atoms with Gasteiger partial charge in [0.2, 0.25) is 0 Å². The maximum atomic E-state index is 13.6. The highest BCUT2D eigenvalue weighted by Gasteiger charge is 2.13. The number of benzene rings is 2. The minimum Gasteiger partial charge on any atom is -0.387 e. The Morgan fingerprint density at radius 2 is 1.76 bits per heavy atom. The monoisotopic (exact) mass is 287 g/mol. The molecule has 2 N–H and O–H groups in total. The number of hydrogen-bond acceptors (Lipinski definition) is 2. The number of rotatable bonds is 6. The first-order valence-electron chi connectivity index (χ1n) is 7.28. The topological polar surface area (TPSA) is 32.3 Å². The van der Waals surface area contributed by atoms with Crippen LogP contribution in [0.25, 0.3) is 0 Å². The van der Waals surface area contributed by atoms with Gasteiger partial charge in [-0.1, -0.05) is 42.5 Å². The maximum Gasteiger partial charge on any atom is 0.129 e. The molecule has 0 aliphatic carbocycles. The van der Waals surface area contributed by atoms with Gasteiger partial charge < -0.3 is 10.4 Å². The molecule has 0 radical (unpaired) electrons. The van der Waals surface area contributed by atoms with Crippen molar-refractivity contribution in [2.24, 2.45) is 0 Å². The SMILES string of the molecule is Cc1ccccc1C[C@@H](C)NC[C@H](O)c1ccccc1F. The number of halogens is 1. The van der Waals surface area contributed by atoms with Gasteiger partial charge in [-0.3, -0.25) is 0 Å². The Morgan fingerprint density at radius 3 is 2.48 bits per heavy atom. The van der Waals surface area contributed by atoms with E-state index in [4.69, 9.17) is 0 Å². The van der Waals surface area contributed by atoms with Crippen LogP contribution in [-0.4, -0.2) is 17.7 Å². The number of hydrogen-bond donors (Lipinski definition) is 2. The van der Waals surface area contributed by atoms with Crippen LogP contribution in [0.3, 0.4) is 0 Å². The van der Waals surface area contributed by atoms with Crippen LogP contribution in [0.5, 0.6) is 0 Å². The molecule has 0 saturated carbocycles. The maximum absolute atomic E-state index is 13.6. The van der Waals surface area contributed by atoms with Crippen molar-refractivity contribution in [3.8, 4) is 0 Å². The van der Waals surface area contributed by atoms with E-state index in [2.05, 4.69) is 31.3 Å². The van der Waals surface area contributed by atoms with E-state index in [-0.39, 0.29) is 11.9 Å². The zero-order valence-electron chi connectivity index (χ0n) is 12.5. The molecule has 2 nitrogen and oxygen atoms in total. The zero-order chi connectivity index (χ0) is 15.2. The van der Waals surface area contributed by atoms with Crippen molar-refractivity contribution in [3.63, 3.8) is 0 Å². The summed E-state index contributed by atoms with van der Waals surface area (Å²) in [5.74, 6) is -0.363. The summed E-state index contributed by atoms with van der Waals surface area (Å²) < 4.78 is 13.6. The standard InChI is InChI=1S/C18H22FNO/c1-13-7-3-4-8-15(13)11-14(2)20-12-18(21)16-9-5-6-10-17(16)19/h3-10,14,18,20-21H,11-12H2,1-2H3/t14-,18+/m1/s1. The van der Waals surface area contributed by atoms with Crippen LogP contribution in [0, 0.1) is 12.7 Å². The largest absolute Gasteiger partial charge is 0.387 e. The molecular formula is C18H22FNO. The Bertz CT molecular complexity index is 585. The lowest BCUT2D eigenvalue weighted by molar-refractivity contribution is 0.166. The molecule has 0 aliphatic heterocycles. The molecule has 0 aromatic heterocycles. The lowest BCUT2D eigenvalue weighted by atomic mass is 10.0. The predicted octanol–water partition coefficient (Wildman–Crippen LogP) is 3.39. The number of nitrogens with one attached hydrogen (secondary N) is 1. The van der Waals surface area contributed by atoms with Gasteiger partial charge in [0.15, 0.2) is 0 Å². The summed E-state index contributed by atoms with van der Waals surface area (Å²) in [5.41, 5.74) is 2.90. The normalized spacial score (nSPS) is 13.9. The summed E-state index contributed by atoms with van der Waals surface area (Å²) in [6.07, 6.45) is 0.0574. The van der Waals surface area contributed by atoms with Gasteiger partial charge in [-0.25, -0.2) is 4.39 Å². The lowest BCUT2D eigenvalue weighted by Gasteiger charge is -2.18. The van der Waals surface area contributed by atoms with E-state index in [0.717, 1.165) is 6.42 Å². The molecule has 21 heavy (non-hydrogen) atoms. The molecule has 0 saturated heterocycles. The third-order valence-electron chi connectivity index (χ3n) is 3.71. The van der Waals surface area contributed by atoms with Gasteiger partial charge in [-0.2, -0.15) is 0 Å². The molecule has 2 rings (SSSR count). The van der Waals surface area contributed by atoms with Gasteiger partial charge >= 0.3 is 0 Å². The number of aliphatic hydroxyl groups excluding tert-OH is 1. The van der Waals surface area contributed by atoms with Crippen molar-refractivity contribution in [1.82, 2.24) is 5.32 Å². The summed E-state index contributed by atoms with van der Waals surface area (Å²) in [6, 6.07) is 14.8. The van der Waals surface area contributed by atoms with E-state index in [9.17, 15) is 9.50 Å². The van der Waals surface area contributed by atoms with Crippen LogP contribution in [0.1, 0.15) is 29.7 Å². The van der Waals surface area contributed by atoms with Gasteiger partial charge in [0.05, 0.1) is 6.10 Å². The summed E-state index contributed by atoms with van der Waals surface area (Å²) in [5, 5.41) is 13.3. The summed E-state index contributed by atoms with van der Waals surface area (Å²) in [4.78, 5) is 0. The Kier molecular flexibility index (Phi) is 5.48. The van der Waals surface area contributed by atoms with Crippen LogP contribution < -0.4 is 5.32 Å². The van der Waals surface area contributed by atoms with Crippen LogP contribution in [0.15, 0.2) is 48.5 Å². The lowest BCUT2D eigenvalue weighted by Crippen LogP contribution is -2.32. The van der Waals surface area contributed by atoms with Crippen molar-refractivity contribution in [2.75, 3.05) is 6.54 Å². The van der Waals surface area contributed by atoms with Crippen LogP contribution in [0.4, 0.5) is 4.39 Å². The van der Waals surface area contributed by atoms with E-state index in [1.54, 1.807) is 18.2 Å². The van der Waals surface area contributed by atoms with Gasteiger partial charge in [-0.15, -0.1) is 0 Å². The zero-order valence-corrected chi connectivity index (χ0v) is 12.5. The van der Waals surface area contributed by atoms with Gasteiger partial charge in [-0.05, 0) is 37.5 Å². The fourth-order valence-electron chi connectivity index (χ4n) is 2.41. The number of aliphatic hydroxyl groups is 1. The van der Waals surface area contributed by atoms with E-state index >= 15 is 0 Å². The summed E-state index contributed by atoms with van der Waals surface area (Å²) in [7, 11) is 0. The molecule has 0 aliphatic rings. The molecule has 2 aromatic carbocycles. The minimum atomic E-state index is -0.828. The molecule has 0 fully saturated rings. The van der Waals surface area contributed by atoms with E-state index < -0.39 is 6.10 Å². The second-order valence-corrected chi connectivity index (χ2v) is 5.48. The fourth-order valence-corrected chi connectivity index (χ4v) is 2.41. The van der Waals surface area contributed by atoms with Gasteiger partial charge in [0.25, 0.3) is 0 Å². The predicted molar refractivity (Wildman–Crippen MR) is 83.7 cm³/mol. The third kappa shape index (κ3) is 4.38. The first-order valence-corrected chi connectivity index (χ1v) is 7.28. The Hall–Kier alpha value is -1.71. The second kappa shape index (κ2) is 7.34. The van der Waals surface area contributed by atoms with Crippen molar-refractivity contribution in [1.29, 1.82) is 0 Å². The Balaban J connectivity index is 1.88. The van der Waals surface area contributed by atoms with Crippen molar-refractivity contribution < 1.29 is 9.50 Å². The van der Waals surface area contributed by atoms with Crippen LogP contribution >= 0.6 is 0 Å². The molecule has 0 unspecified atom stereocenters. The molecular weight excluding hydrogens is 265 g/mol. The third-order valence-corrected chi connectivity index (χ3v) is 3.71. The average molecular weight is 287 g/mol. The highest BCUT2D eigenvalue weighted by molar-refractivity contribution is 5.26. The molecule has 112 valence electrons. The van der Waals surface area contributed by atoms with Crippen LogP contribution in [-0.2, 0) is 6.42 Å². The second-order valence-electron chi connectivity index (χ2n) is 5.48. The molecule has 0 amide bonds. The first kappa shape index (κ1) is 15.7. The molecule has 0 spiro atoms.